The third-order valence-electron chi connectivity index (χ3n) is 3.14. The highest BCUT2D eigenvalue weighted by Crippen LogP contribution is 2.08. The third kappa shape index (κ3) is 4.60. The fourth-order valence-electron chi connectivity index (χ4n) is 2.19. The molecule has 21 heavy (non-hydrogen) atoms. The molecule has 0 saturated heterocycles. The number of anilines is 1. The highest BCUT2D eigenvalue weighted by atomic mass is 16.1. The van der Waals surface area contributed by atoms with Crippen molar-refractivity contribution in [3.8, 4) is 0 Å². The number of hydrogen-bond acceptors (Lipinski definition) is 3. The van der Waals surface area contributed by atoms with Crippen LogP contribution in [0.15, 0.2) is 48.7 Å². The first-order valence-electron chi connectivity index (χ1n) is 7.23. The van der Waals surface area contributed by atoms with Crippen LogP contribution in [0.3, 0.4) is 0 Å². The molecule has 2 rings (SSSR count). The molecule has 0 aliphatic carbocycles. The Kier molecular flexibility index (Phi) is 5.32. The van der Waals surface area contributed by atoms with Gasteiger partial charge in [-0.05, 0) is 38.0 Å². The number of carbonyl (C=O) groups excluding carboxylic acids is 1. The molecule has 2 N–H and O–H groups in total. The van der Waals surface area contributed by atoms with Gasteiger partial charge in [-0.2, -0.15) is 0 Å². The Labute approximate surface area is 125 Å². The van der Waals surface area contributed by atoms with Crippen molar-refractivity contribution < 1.29 is 4.79 Å². The van der Waals surface area contributed by atoms with Gasteiger partial charge in [-0.3, -0.25) is 9.78 Å². The number of aromatic nitrogens is 1. The number of carbonyl (C=O) groups is 1. The predicted molar refractivity (Wildman–Crippen MR) is 85.5 cm³/mol. The van der Waals surface area contributed by atoms with Gasteiger partial charge in [0.1, 0.15) is 5.69 Å². The maximum Gasteiger partial charge on any atom is 0.270 e. The van der Waals surface area contributed by atoms with E-state index in [0.717, 1.165) is 18.7 Å². The Morgan fingerprint density at radius 1 is 1.24 bits per heavy atom. The van der Waals surface area contributed by atoms with Crippen molar-refractivity contribution in [2.24, 2.45) is 0 Å². The summed E-state index contributed by atoms with van der Waals surface area (Å²) in [7, 11) is 0. The highest BCUT2D eigenvalue weighted by molar-refractivity contribution is 5.93. The zero-order valence-corrected chi connectivity index (χ0v) is 12.5. The van der Waals surface area contributed by atoms with Crippen molar-refractivity contribution in [3.05, 3.63) is 59.9 Å². The van der Waals surface area contributed by atoms with Gasteiger partial charge < -0.3 is 10.6 Å². The highest BCUT2D eigenvalue weighted by Gasteiger charge is 2.11. The monoisotopic (exact) mass is 283 g/mol. The maximum absolute atomic E-state index is 12.2. The molecule has 4 nitrogen and oxygen atoms in total. The van der Waals surface area contributed by atoms with Crippen molar-refractivity contribution in [1.82, 2.24) is 10.3 Å². The number of hydrogen-bond donors (Lipinski definition) is 2. The Morgan fingerprint density at radius 3 is 2.71 bits per heavy atom. The van der Waals surface area contributed by atoms with E-state index in [1.165, 1.54) is 5.56 Å². The fraction of sp³-hybridized carbons (Fsp3) is 0.294. The third-order valence-corrected chi connectivity index (χ3v) is 3.14. The van der Waals surface area contributed by atoms with Crippen LogP contribution in [0.25, 0.3) is 0 Å². The lowest BCUT2D eigenvalue weighted by atomic mass is 10.1. The summed E-state index contributed by atoms with van der Waals surface area (Å²) in [5.41, 5.74) is 2.56. The van der Waals surface area contributed by atoms with E-state index in [1.54, 1.807) is 12.3 Å². The first-order chi connectivity index (χ1) is 10.2. The van der Waals surface area contributed by atoms with Crippen molar-refractivity contribution in [2.45, 2.75) is 26.3 Å². The molecule has 1 heterocycles. The van der Waals surface area contributed by atoms with Crippen LogP contribution >= 0.6 is 0 Å². The van der Waals surface area contributed by atoms with E-state index < -0.39 is 0 Å². The number of benzene rings is 1. The van der Waals surface area contributed by atoms with E-state index >= 15 is 0 Å². The van der Waals surface area contributed by atoms with Gasteiger partial charge in [-0.1, -0.05) is 30.3 Å². The van der Waals surface area contributed by atoms with E-state index in [-0.39, 0.29) is 11.9 Å². The molecular weight excluding hydrogens is 262 g/mol. The molecule has 0 aliphatic heterocycles. The van der Waals surface area contributed by atoms with Gasteiger partial charge in [-0.25, -0.2) is 0 Å². The summed E-state index contributed by atoms with van der Waals surface area (Å²) in [6.07, 6.45) is 2.45. The average molecular weight is 283 g/mol. The lowest BCUT2D eigenvalue weighted by Gasteiger charge is -2.14. The second-order valence-electron chi connectivity index (χ2n) is 5.02. The lowest BCUT2D eigenvalue weighted by molar-refractivity contribution is 0.0935. The molecule has 0 aliphatic rings. The molecule has 0 saturated carbocycles. The first kappa shape index (κ1) is 15.0. The van der Waals surface area contributed by atoms with Crippen LogP contribution in [0.1, 0.15) is 29.9 Å². The van der Waals surface area contributed by atoms with E-state index in [0.29, 0.717) is 5.69 Å². The van der Waals surface area contributed by atoms with E-state index in [9.17, 15) is 4.79 Å². The minimum Gasteiger partial charge on any atom is -0.385 e. The summed E-state index contributed by atoms with van der Waals surface area (Å²) >= 11 is 0. The molecule has 110 valence electrons. The molecule has 1 aromatic carbocycles. The Balaban J connectivity index is 1.96. The molecule has 0 fully saturated rings. The molecule has 0 spiro atoms. The second kappa shape index (κ2) is 7.43. The number of amides is 1. The van der Waals surface area contributed by atoms with Gasteiger partial charge in [-0.15, -0.1) is 0 Å². The summed E-state index contributed by atoms with van der Waals surface area (Å²) in [6.45, 7) is 4.83. The van der Waals surface area contributed by atoms with Crippen LogP contribution in [0.5, 0.6) is 0 Å². The summed E-state index contributed by atoms with van der Waals surface area (Å²) < 4.78 is 0. The van der Waals surface area contributed by atoms with E-state index in [2.05, 4.69) is 27.8 Å². The summed E-state index contributed by atoms with van der Waals surface area (Å²) in [5.74, 6) is -0.141. The molecular formula is C17H21N3O. The van der Waals surface area contributed by atoms with Gasteiger partial charge in [0, 0.05) is 24.5 Å². The van der Waals surface area contributed by atoms with Crippen molar-refractivity contribution in [3.63, 3.8) is 0 Å². The summed E-state index contributed by atoms with van der Waals surface area (Å²) in [4.78, 5) is 16.3. The van der Waals surface area contributed by atoms with E-state index in [1.807, 2.05) is 38.1 Å². The van der Waals surface area contributed by atoms with Gasteiger partial charge in [0.25, 0.3) is 5.91 Å². The minimum absolute atomic E-state index is 0.0597. The zero-order valence-electron chi connectivity index (χ0n) is 12.5. The SMILES string of the molecule is CCNc1ccnc(C(=O)NC(C)Cc2ccccc2)c1. The summed E-state index contributed by atoms with van der Waals surface area (Å²) in [6, 6.07) is 13.8. The maximum atomic E-state index is 12.2. The Morgan fingerprint density at radius 2 is 2.00 bits per heavy atom. The second-order valence-corrected chi connectivity index (χ2v) is 5.02. The number of pyridine rings is 1. The van der Waals surface area contributed by atoms with Crippen LogP contribution < -0.4 is 10.6 Å². The zero-order chi connectivity index (χ0) is 15.1. The molecule has 0 bridgehead atoms. The first-order valence-corrected chi connectivity index (χ1v) is 7.23. The molecule has 0 radical (unpaired) electrons. The number of nitrogens with zero attached hydrogens (tertiary/aromatic N) is 1. The van der Waals surface area contributed by atoms with Crippen LogP contribution in [-0.2, 0) is 6.42 Å². The van der Waals surface area contributed by atoms with Crippen LogP contribution in [0.4, 0.5) is 5.69 Å². The van der Waals surface area contributed by atoms with E-state index in [4.69, 9.17) is 0 Å². The van der Waals surface area contributed by atoms with Crippen molar-refractivity contribution in [1.29, 1.82) is 0 Å². The standard InChI is InChI=1S/C17H21N3O/c1-3-18-15-9-10-19-16(12-15)17(21)20-13(2)11-14-7-5-4-6-8-14/h4-10,12-13H,3,11H2,1-2H3,(H,18,19)(H,20,21). The predicted octanol–water partition coefficient (Wildman–Crippen LogP) is 2.87. The van der Waals surface area contributed by atoms with Crippen LogP contribution in [-0.4, -0.2) is 23.5 Å². The minimum atomic E-state index is -0.141. The molecule has 4 heteroatoms. The summed E-state index contributed by atoms with van der Waals surface area (Å²) in [5, 5.41) is 6.16. The molecule has 2 aromatic rings. The molecule has 1 unspecified atom stereocenters. The van der Waals surface area contributed by atoms with Gasteiger partial charge >= 0.3 is 0 Å². The smallest absolute Gasteiger partial charge is 0.270 e. The Hall–Kier alpha value is -2.36. The topological polar surface area (TPSA) is 54.0 Å². The van der Waals surface area contributed by atoms with Crippen LogP contribution in [0, 0.1) is 0 Å². The normalized spacial score (nSPS) is 11.7. The molecule has 1 amide bonds. The Bertz CT molecular complexity index is 584. The van der Waals surface area contributed by atoms with Gasteiger partial charge in [0.15, 0.2) is 0 Å². The largest absolute Gasteiger partial charge is 0.385 e. The van der Waals surface area contributed by atoms with Crippen molar-refractivity contribution in [2.75, 3.05) is 11.9 Å². The van der Waals surface area contributed by atoms with Crippen LogP contribution in [0.2, 0.25) is 0 Å². The molecule has 1 aromatic heterocycles. The average Bonchev–Trinajstić information content (AvgIpc) is 2.48. The van der Waals surface area contributed by atoms with Gasteiger partial charge in [0.2, 0.25) is 0 Å². The van der Waals surface area contributed by atoms with Crippen molar-refractivity contribution >= 4 is 11.6 Å². The number of rotatable bonds is 6. The molecule has 1 atom stereocenters. The number of nitrogens with one attached hydrogen (secondary N) is 2. The van der Waals surface area contributed by atoms with Gasteiger partial charge in [0.05, 0.1) is 0 Å². The quantitative estimate of drug-likeness (QED) is 0.857. The fourth-order valence-corrected chi connectivity index (χ4v) is 2.19. The lowest BCUT2D eigenvalue weighted by Crippen LogP contribution is -2.34.